The summed E-state index contributed by atoms with van der Waals surface area (Å²) in [6, 6.07) is 9.01. The Morgan fingerprint density at radius 2 is 2.06 bits per heavy atom. The maximum Gasteiger partial charge on any atom is 0.283 e. The molecule has 33 heavy (non-hydrogen) atoms. The third-order valence-electron chi connectivity index (χ3n) is 4.51. The highest BCUT2D eigenvalue weighted by molar-refractivity contribution is 8.42. The smallest absolute Gasteiger partial charge is 0.283 e. The minimum Gasteiger partial charge on any atom is -0.457 e. The normalized spacial score (nSPS) is 17.4. The number of furan rings is 1. The van der Waals surface area contributed by atoms with Crippen molar-refractivity contribution in [2.45, 2.75) is 13.8 Å². The Kier molecular flexibility index (Phi) is 5.76. The summed E-state index contributed by atoms with van der Waals surface area (Å²) in [7, 11) is -3.68. The van der Waals surface area contributed by atoms with Gasteiger partial charge in [0.05, 0.1) is 16.2 Å². The Labute approximate surface area is 192 Å². The molecule has 0 fully saturated rings. The number of carbonyl (C=O) groups is 1. The molecule has 2 aliphatic rings. The van der Waals surface area contributed by atoms with Crippen LogP contribution in [-0.2, 0) is 14.6 Å². The average molecular weight is 488 g/mol. The van der Waals surface area contributed by atoms with Gasteiger partial charge in [-0.05, 0) is 35.9 Å². The Morgan fingerprint density at radius 1 is 1.30 bits per heavy atom. The molecule has 11 nitrogen and oxygen atoms in total. The molecule has 0 spiro atoms. The molecule has 0 saturated carbocycles. The Balaban J connectivity index is 1.62. The maximum atomic E-state index is 12.5. The highest BCUT2D eigenvalue weighted by Crippen LogP contribution is 2.32. The molecule has 0 unspecified atom stereocenters. The van der Waals surface area contributed by atoms with Crippen LogP contribution < -0.4 is 0 Å². The maximum absolute atomic E-state index is 12.5. The average Bonchev–Trinajstić information content (AvgIpc) is 3.38. The number of sulfone groups is 1. The van der Waals surface area contributed by atoms with E-state index in [0.29, 0.717) is 11.3 Å². The van der Waals surface area contributed by atoms with E-state index in [0.717, 1.165) is 16.8 Å². The predicted octanol–water partition coefficient (Wildman–Crippen LogP) is 3.50. The van der Waals surface area contributed by atoms with Crippen molar-refractivity contribution in [2.24, 2.45) is 16.0 Å². The molecular formula is C20H17N5O6S2. The number of hydrogen-bond donors (Lipinski definition) is 1. The molecule has 1 aromatic carbocycles. The summed E-state index contributed by atoms with van der Waals surface area (Å²) in [4.78, 5) is 26.9. The van der Waals surface area contributed by atoms with Crippen molar-refractivity contribution in [1.29, 1.82) is 5.41 Å². The van der Waals surface area contributed by atoms with Crippen molar-refractivity contribution in [3.05, 3.63) is 57.8 Å². The third kappa shape index (κ3) is 4.50. The van der Waals surface area contributed by atoms with Gasteiger partial charge in [0.2, 0.25) is 19.4 Å². The van der Waals surface area contributed by atoms with E-state index in [4.69, 9.17) is 9.83 Å². The fourth-order valence-electron chi connectivity index (χ4n) is 3.11. The van der Waals surface area contributed by atoms with Crippen molar-refractivity contribution in [3.8, 4) is 11.3 Å². The highest BCUT2D eigenvalue weighted by Gasteiger charge is 2.40. The molecule has 3 heterocycles. The number of thioether (sulfide) groups is 1. The first-order valence-corrected chi connectivity index (χ1v) is 12.1. The Morgan fingerprint density at radius 3 is 2.76 bits per heavy atom. The van der Waals surface area contributed by atoms with E-state index in [1.165, 1.54) is 24.3 Å². The molecule has 13 heteroatoms. The summed E-state index contributed by atoms with van der Waals surface area (Å²) in [6.45, 7) is 3.53. The van der Waals surface area contributed by atoms with Gasteiger partial charge in [-0.25, -0.2) is 8.42 Å². The third-order valence-corrected chi connectivity index (χ3v) is 7.94. The van der Waals surface area contributed by atoms with Gasteiger partial charge in [0, 0.05) is 17.7 Å². The van der Waals surface area contributed by atoms with Gasteiger partial charge in [0.15, 0.2) is 5.84 Å². The lowest BCUT2D eigenvalue weighted by Gasteiger charge is -2.19. The lowest BCUT2D eigenvalue weighted by atomic mass is 10.1. The number of amides is 1. The number of rotatable bonds is 5. The van der Waals surface area contributed by atoms with E-state index in [2.05, 4.69) is 10.1 Å². The molecule has 2 aromatic rings. The zero-order chi connectivity index (χ0) is 23.9. The van der Waals surface area contributed by atoms with Crippen molar-refractivity contribution >= 4 is 54.6 Å². The molecule has 0 saturated heterocycles. The second-order valence-corrected chi connectivity index (χ2v) is 10.7. The number of fused-ring (bicyclic) bond motifs is 1. The van der Waals surface area contributed by atoms with Crippen LogP contribution >= 0.6 is 11.8 Å². The number of hydrogen-bond acceptors (Lipinski definition) is 9. The standard InChI is InChI=1S/C20H17N5O6S2/c1-11(2)10-33(29,30)20-23-24-17(21)15(18(26)22-19(24)32-20)9-14-6-7-16(31-14)12-4-3-5-13(8-12)25(27)28/h3-9,11,21H,10H2,1-2H3/b15-9-,21-17?. The molecule has 0 atom stereocenters. The number of hydrazone groups is 1. The second-order valence-electron chi connectivity index (χ2n) is 7.57. The van der Waals surface area contributed by atoms with Gasteiger partial charge < -0.3 is 4.42 Å². The van der Waals surface area contributed by atoms with E-state index in [-0.39, 0.29) is 44.1 Å². The van der Waals surface area contributed by atoms with E-state index in [1.807, 2.05) is 0 Å². The molecule has 2 aliphatic heterocycles. The molecule has 170 valence electrons. The van der Waals surface area contributed by atoms with E-state index >= 15 is 0 Å². The van der Waals surface area contributed by atoms with Gasteiger partial charge in [-0.2, -0.15) is 10.0 Å². The predicted molar refractivity (Wildman–Crippen MR) is 124 cm³/mol. The number of nitro groups is 1. The number of nitrogens with one attached hydrogen (secondary N) is 1. The summed E-state index contributed by atoms with van der Waals surface area (Å²) in [5.41, 5.74) is 0.243. The minimum absolute atomic E-state index is 0.00112. The van der Waals surface area contributed by atoms with Gasteiger partial charge in [-0.3, -0.25) is 20.3 Å². The molecule has 0 radical (unpaired) electrons. The van der Waals surface area contributed by atoms with Crippen LogP contribution in [0, 0.1) is 21.4 Å². The zero-order valence-corrected chi connectivity index (χ0v) is 19.0. The van der Waals surface area contributed by atoms with Gasteiger partial charge >= 0.3 is 0 Å². The quantitative estimate of drug-likeness (QED) is 0.381. The van der Waals surface area contributed by atoms with Crippen LogP contribution in [0.3, 0.4) is 0 Å². The monoisotopic (exact) mass is 487 g/mol. The lowest BCUT2D eigenvalue weighted by molar-refractivity contribution is -0.384. The number of nitrogens with zero attached hydrogens (tertiary/aromatic N) is 4. The van der Waals surface area contributed by atoms with Crippen LogP contribution in [0.5, 0.6) is 0 Å². The number of non-ortho nitro benzene ring substituents is 1. The Hall–Kier alpha value is -3.58. The lowest BCUT2D eigenvalue weighted by Crippen LogP contribution is -2.35. The molecule has 1 N–H and O–H groups in total. The van der Waals surface area contributed by atoms with Gasteiger partial charge in [-0.1, -0.05) is 26.0 Å². The first-order valence-electron chi connectivity index (χ1n) is 9.63. The molecule has 4 rings (SSSR count). The number of carbonyl (C=O) groups excluding carboxylic acids is 1. The van der Waals surface area contributed by atoms with E-state index in [1.54, 1.807) is 32.0 Å². The van der Waals surface area contributed by atoms with Crippen molar-refractivity contribution in [1.82, 2.24) is 5.01 Å². The second kappa shape index (κ2) is 8.41. The first kappa shape index (κ1) is 22.6. The Bertz CT molecular complexity index is 1390. The fraction of sp³-hybridized carbons (Fsp3) is 0.200. The van der Waals surface area contributed by atoms with E-state index < -0.39 is 20.7 Å². The number of amidine groups is 2. The minimum atomic E-state index is -3.68. The largest absolute Gasteiger partial charge is 0.457 e. The number of nitro benzene ring substituents is 1. The van der Waals surface area contributed by atoms with Gasteiger partial charge in [0.25, 0.3) is 11.6 Å². The van der Waals surface area contributed by atoms with Crippen molar-refractivity contribution in [2.75, 3.05) is 5.75 Å². The van der Waals surface area contributed by atoms with Crippen LogP contribution in [0.2, 0.25) is 0 Å². The SMILES string of the molecule is CC(C)CS(=O)(=O)C1=NN2C(=N)/C(=C/c3ccc(-c4cccc([N+](=O)[O-])c4)o3)C(=O)N=C2S1. The number of aliphatic imine (C=N–C) groups is 1. The van der Waals surface area contributed by atoms with Crippen LogP contribution in [-0.4, -0.2) is 45.4 Å². The molecule has 1 aromatic heterocycles. The number of benzene rings is 1. The highest BCUT2D eigenvalue weighted by atomic mass is 32.3. The van der Waals surface area contributed by atoms with Crippen LogP contribution in [0.15, 0.2) is 56.5 Å². The molecule has 0 aliphatic carbocycles. The van der Waals surface area contributed by atoms with Crippen LogP contribution in [0.4, 0.5) is 5.69 Å². The molecule has 1 amide bonds. The van der Waals surface area contributed by atoms with Crippen LogP contribution in [0.25, 0.3) is 17.4 Å². The molecular weight excluding hydrogens is 470 g/mol. The van der Waals surface area contributed by atoms with E-state index in [9.17, 15) is 23.3 Å². The summed E-state index contributed by atoms with van der Waals surface area (Å²) in [5, 5.41) is 24.4. The van der Waals surface area contributed by atoms with Crippen molar-refractivity contribution in [3.63, 3.8) is 0 Å². The summed E-state index contributed by atoms with van der Waals surface area (Å²) in [5.74, 6) is -0.747. The van der Waals surface area contributed by atoms with Crippen LogP contribution in [0.1, 0.15) is 19.6 Å². The van der Waals surface area contributed by atoms with Gasteiger partial charge in [0.1, 0.15) is 11.5 Å². The molecule has 0 bridgehead atoms. The summed E-state index contributed by atoms with van der Waals surface area (Å²) < 4.78 is 30.5. The van der Waals surface area contributed by atoms with Crippen molar-refractivity contribution < 1.29 is 22.6 Å². The zero-order valence-electron chi connectivity index (χ0n) is 17.4. The summed E-state index contributed by atoms with van der Waals surface area (Å²) >= 11 is 0.735. The summed E-state index contributed by atoms with van der Waals surface area (Å²) in [6.07, 6.45) is 1.30. The first-order chi connectivity index (χ1) is 15.5. The fourth-order valence-corrected chi connectivity index (χ4v) is 5.90. The van der Waals surface area contributed by atoms with Gasteiger partial charge in [-0.15, -0.1) is 5.10 Å². The topological polar surface area (TPSA) is 159 Å².